The molecule has 4 heteroatoms. The Kier molecular flexibility index (Phi) is 5.85. The van der Waals surface area contributed by atoms with Gasteiger partial charge in [0.2, 0.25) is 5.91 Å². The van der Waals surface area contributed by atoms with Crippen LogP contribution in [0.25, 0.3) is 0 Å². The third kappa shape index (κ3) is 3.73. The van der Waals surface area contributed by atoms with E-state index in [1.807, 2.05) is 0 Å². The molecule has 2 rings (SSSR count). The molecule has 116 valence electrons. The second kappa shape index (κ2) is 7.41. The van der Waals surface area contributed by atoms with E-state index < -0.39 is 0 Å². The van der Waals surface area contributed by atoms with Gasteiger partial charge in [-0.05, 0) is 38.6 Å². The summed E-state index contributed by atoms with van der Waals surface area (Å²) in [5.74, 6) is 0.164. The Bertz CT molecular complexity index is 308. The lowest BCUT2D eigenvalue weighted by Gasteiger charge is -2.38. The van der Waals surface area contributed by atoms with Crippen LogP contribution < -0.4 is 10.6 Å². The minimum atomic E-state index is -0.364. The van der Waals surface area contributed by atoms with Crippen molar-refractivity contribution in [3.63, 3.8) is 0 Å². The number of piperidine rings is 1. The Morgan fingerprint density at radius 1 is 1.30 bits per heavy atom. The summed E-state index contributed by atoms with van der Waals surface area (Å²) in [4.78, 5) is 12.8. The third-order valence-corrected chi connectivity index (χ3v) is 4.98. The fourth-order valence-corrected chi connectivity index (χ4v) is 3.75. The van der Waals surface area contributed by atoms with Crippen molar-refractivity contribution in [3.8, 4) is 0 Å². The SMILES string of the molecule is CCCC1(C(=O)NC2CCCCCC2O)CCCNC1. The highest BCUT2D eigenvalue weighted by molar-refractivity contribution is 5.83. The molecule has 20 heavy (non-hydrogen) atoms. The van der Waals surface area contributed by atoms with E-state index in [2.05, 4.69) is 17.6 Å². The van der Waals surface area contributed by atoms with E-state index in [1.54, 1.807) is 0 Å². The van der Waals surface area contributed by atoms with Crippen LogP contribution in [-0.4, -0.2) is 36.2 Å². The lowest BCUT2D eigenvalue weighted by molar-refractivity contribution is -0.134. The summed E-state index contributed by atoms with van der Waals surface area (Å²) in [6, 6.07) is -0.0411. The predicted octanol–water partition coefficient (Wildman–Crippen LogP) is 1.97. The first kappa shape index (κ1) is 15.8. The zero-order valence-electron chi connectivity index (χ0n) is 12.8. The average molecular weight is 282 g/mol. The molecule has 3 unspecified atom stereocenters. The van der Waals surface area contributed by atoms with E-state index in [-0.39, 0.29) is 23.5 Å². The van der Waals surface area contributed by atoms with Crippen LogP contribution in [0, 0.1) is 5.41 Å². The zero-order valence-corrected chi connectivity index (χ0v) is 12.8. The van der Waals surface area contributed by atoms with Crippen LogP contribution in [0.4, 0.5) is 0 Å². The van der Waals surface area contributed by atoms with E-state index in [9.17, 15) is 9.90 Å². The number of aliphatic hydroxyl groups is 1. The lowest BCUT2D eigenvalue weighted by atomic mass is 9.76. The molecule has 0 radical (unpaired) electrons. The van der Waals surface area contributed by atoms with Crippen molar-refractivity contribution in [1.29, 1.82) is 0 Å². The minimum absolute atomic E-state index is 0.0411. The van der Waals surface area contributed by atoms with Crippen molar-refractivity contribution in [2.24, 2.45) is 5.41 Å². The highest BCUT2D eigenvalue weighted by Gasteiger charge is 2.40. The molecule has 1 aliphatic heterocycles. The highest BCUT2D eigenvalue weighted by Crippen LogP contribution is 2.32. The lowest BCUT2D eigenvalue weighted by Crippen LogP contribution is -2.54. The first-order valence-electron chi connectivity index (χ1n) is 8.38. The predicted molar refractivity (Wildman–Crippen MR) is 80.5 cm³/mol. The normalized spacial score (nSPS) is 35.3. The first-order valence-corrected chi connectivity index (χ1v) is 8.38. The Balaban J connectivity index is 1.99. The highest BCUT2D eigenvalue weighted by atomic mass is 16.3. The van der Waals surface area contributed by atoms with Gasteiger partial charge in [0, 0.05) is 6.54 Å². The van der Waals surface area contributed by atoms with Gasteiger partial charge in [-0.3, -0.25) is 4.79 Å². The molecule has 0 aromatic rings. The maximum Gasteiger partial charge on any atom is 0.227 e. The molecule has 4 nitrogen and oxygen atoms in total. The summed E-state index contributed by atoms with van der Waals surface area (Å²) in [6.45, 7) is 3.95. The summed E-state index contributed by atoms with van der Waals surface area (Å²) in [5.41, 5.74) is -0.251. The molecule has 0 spiro atoms. The van der Waals surface area contributed by atoms with Crippen LogP contribution in [0.1, 0.15) is 64.7 Å². The molecule has 2 fully saturated rings. The van der Waals surface area contributed by atoms with Crippen molar-refractivity contribution in [1.82, 2.24) is 10.6 Å². The smallest absolute Gasteiger partial charge is 0.227 e. The molecule has 1 aliphatic carbocycles. The molecule has 1 amide bonds. The maximum atomic E-state index is 12.8. The molecular formula is C16H30N2O2. The van der Waals surface area contributed by atoms with Crippen LogP contribution in [0.15, 0.2) is 0 Å². The quantitative estimate of drug-likeness (QED) is 0.691. The van der Waals surface area contributed by atoms with Crippen LogP contribution in [0.5, 0.6) is 0 Å². The zero-order chi connectivity index (χ0) is 14.4. The number of carbonyl (C=O) groups is 1. The Morgan fingerprint density at radius 3 is 2.80 bits per heavy atom. The van der Waals surface area contributed by atoms with Crippen molar-refractivity contribution in [3.05, 3.63) is 0 Å². The summed E-state index contributed by atoms with van der Waals surface area (Å²) in [5, 5.41) is 16.7. The number of rotatable bonds is 4. The van der Waals surface area contributed by atoms with E-state index in [4.69, 9.17) is 0 Å². The van der Waals surface area contributed by atoms with Crippen molar-refractivity contribution in [2.45, 2.75) is 76.9 Å². The topological polar surface area (TPSA) is 61.4 Å². The molecule has 2 aliphatic rings. The van der Waals surface area contributed by atoms with Crippen molar-refractivity contribution >= 4 is 5.91 Å². The number of amides is 1. The summed E-state index contributed by atoms with van der Waals surface area (Å²) in [6.07, 6.45) is 8.75. The number of nitrogens with one attached hydrogen (secondary N) is 2. The van der Waals surface area contributed by atoms with Gasteiger partial charge >= 0.3 is 0 Å². The first-order chi connectivity index (χ1) is 9.68. The summed E-state index contributed by atoms with van der Waals surface area (Å²) < 4.78 is 0. The standard InChI is InChI=1S/C16H30N2O2/c1-2-9-16(10-6-11-17-12-16)15(20)18-13-7-4-3-5-8-14(13)19/h13-14,17,19H,2-12H2,1H3,(H,18,20). The number of hydrogen-bond acceptors (Lipinski definition) is 3. The maximum absolute atomic E-state index is 12.8. The molecular weight excluding hydrogens is 252 g/mol. The van der Waals surface area contributed by atoms with Gasteiger partial charge in [0.05, 0.1) is 17.6 Å². The monoisotopic (exact) mass is 282 g/mol. The van der Waals surface area contributed by atoms with E-state index >= 15 is 0 Å². The van der Waals surface area contributed by atoms with Crippen LogP contribution in [0.2, 0.25) is 0 Å². The van der Waals surface area contributed by atoms with Gasteiger partial charge in [-0.25, -0.2) is 0 Å². The van der Waals surface area contributed by atoms with Gasteiger partial charge in [0.25, 0.3) is 0 Å². The number of aliphatic hydroxyl groups excluding tert-OH is 1. The van der Waals surface area contributed by atoms with Gasteiger partial charge in [0.1, 0.15) is 0 Å². The fraction of sp³-hybridized carbons (Fsp3) is 0.938. The Morgan fingerprint density at radius 2 is 2.10 bits per heavy atom. The molecule has 1 saturated heterocycles. The molecule has 3 atom stereocenters. The van der Waals surface area contributed by atoms with Crippen LogP contribution in [-0.2, 0) is 4.79 Å². The minimum Gasteiger partial charge on any atom is -0.391 e. The largest absolute Gasteiger partial charge is 0.391 e. The van der Waals surface area contributed by atoms with Crippen molar-refractivity contribution < 1.29 is 9.90 Å². The van der Waals surface area contributed by atoms with Gasteiger partial charge in [-0.2, -0.15) is 0 Å². The summed E-state index contributed by atoms with van der Waals surface area (Å²) in [7, 11) is 0. The Labute approximate surface area is 122 Å². The Hall–Kier alpha value is -0.610. The molecule has 1 heterocycles. The molecule has 0 aromatic heterocycles. The fourth-order valence-electron chi connectivity index (χ4n) is 3.75. The number of carbonyl (C=O) groups excluding carboxylic acids is 1. The molecule has 0 bridgehead atoms. The van der Waals surface area contributed by atoms with Gasteiger partial charge < -0.3 is 15.7 Å². The van der Waals surface area contributed by atoms with Gasteiger partial charge in [0.15, 0.2) is 0 Å². The van der Waals surface area contributed by atoms with E-state index in [1.165, 1.54) is 6.42 Å². The van der Waals surface area contributed by atoms with E-state index in [0.29, 0.717) is 0 Å². The molecule has 1 saturated carbocycles. The molecule has 3 N–H and O–H groups in total. The van der Waals surface area contributed by atoms with Gasteiger partial charge in [-0.1, -0.05) is 32.6 Å². The second-order valence-corrected chi connectivity index (χ2v) is 6.60. The number of hydrogen-bond donors (Lipinski definition) is 3. The second-order valence-electron chi connectivity index (χ2n) is 6.60. The average Bonchev–Trinajstić information content (AvgIpc) is 2.65. The van der Waals surface area contributed by atoms with Crippen LogP contribution >= 0.6 is 0 Å². The van der Waals surface area contributed by atoms with Crippen molar-refractivity contribution in [2.75, 3.05) is 13.1 Å². The van der Waals surface area contributed by atoms with Gasteiger partial charge in [-0.15, -0.1) is 0 Å². The molecule has 0 aromatic carbocycles. The third-order valence-electron chi connectivity index (χ3n) is 4.98. The van der Waals surface area contributed by atoms with Crippen LogP contribution in [0.3, 0.4) is 0 Å². The van der Waals surface area contributed by atoms with E-state index in [0.717, 1.165) is 64.5 Å². The summed E-state index contributed by atoms with van der Waals surface area (Å²) >= 11 is 0.